The number of thioether (sulfide) groups is 1. The minimum Gasteiger partial charge on any atom is -0.339 e. The molecule has 2 nitrogen and oxygen atoms in total. The van der Waals surface area contributed by atoms with E-state index >= 15 is 0 Å². The molecule has 0 saturated heterocycles. The van der Waals surface area contributed by atoms with Crippen molar-refractivity contribution in [1.29, 1.82) is 0 Å². The Morgan fingerprint density at radius 3 is 2.67 bits per heavy atom. The number of carbonyl (C=O) groups excluding carboxylic acids is 1. The first-order valence-corrected chi connectivity index (χ1v) is 8.15. The van der Waals surface area contributed by atoms with Crippen LogP contribution in [-0.2, 0) is 4.79 Å². The van der Waals surface area contributed by atoms with Gasteiger partial charge in [-0.25, -0.2) is 0 Å². The second-order valence-electron chi connectivity index (χ2n) is 3.96. The zero-order valence-corrected chi connectivity index (χ0v) is 11.8. The summed E-state index contributed by atoms with van der Waals surface area (Å²) in [5.41, 5.74) is 0. The van der Waals surface area contributed by atoms with E-state index in [0.717, 1.165) is 17.6 Å². The number of nitrogens with zero attached hydrogens (tertiary/aromatic N) is 1. The molecule has 0 aromatic rings. The summed E-state index contributed by atoms with van der Waals surface area (Å²) in [7, 11) is 0. The first-order valence-electron chi connectivity index (χ1n) is 5.64. The van der Waals surface area contributed by atoms with Gasteiger partial charge in [-0.05, 0) is 19.1 Å². The van der Waals surface area contributed by atoms with E-state index in [1.54, 1.807) is 11.8 Å². The molecule has 15 heavy (non-hydrogen) atoms. The normalized spacial score (nSPS) is 16.9. The summed E-state index contributed by atoms with van der Waals surface area (Å²) in [6.07, 6.45) is 7.75. The lowest BCUT2D eigenvalue weighted by Gasteiger charge is -2.28. The molecule has 0 heterocycles. The standard InChI is InChI=1S/C11H20BrNOS/c1-15-9-6-11(14)13(8-7-12)10-4-2-3-5-10/h10H,2-9H2,1H3. The van der Waals surface area contributed by atoms with Gasteiger partial charge in [0.1, 0.15) is 0 Å². The van der Waals surface area contributed by atoms with E-state index in [4.69, 9.17) is 0 Å². The number of alkyl halides is 1. The van der Waals surface area contributed by atoms with E-state index in [-0.39, 0.29) is 0 Å². The van der Waals surface area contributed by atoms with E-state index in [1.807, 2.05) is 0 Å². The van der Waals surface area contributed by atoms with Crippen molar-refractivity contribution in [2.24, 2.45) is 0 Å². The zero-order chi connectivity index (χ0) is 11.1. The van der Waals surface area contributed by atoms with Gasteiger partial charge in [-0.15, -0.1) is 0 Å². The third-order valence-corrected chi connectivity index (χ3v) is 3.90. The van der Waals surface area contributed by atoms with Crippen LogP contribution in [0.2, 0.25) is 0 Å². The largest absolute Gasteiger partial charge is 0.339 e. The van der Waals surface area contributed by atoms with Crippen LogP contribution in [0.5, 0.6) is 0 Å². The Hall–Kier alpha value is 0.300. The van der Waals surface area contributed by atoms with Crippen LogP contribution in [0.3, 0.4) is 0 Å². The van der Waals surface area contributed by atoms with E-state index < -0.39 is 0 Å². The predicted octanol–water partition coefficient (Wildman–Crippen LogP) is 2.91. The average molecular weight is 294 g/mol. The van der Waals surface area contributed by atoms with Gasteiger partial charge in [0.15, 0.2) is 0 Å². The van der Waals surface area contributed by atoms with Gasteiger partial charge >= 0.3 is 0 Å². The molecule has 0 unspecified atom stereocenters. The number of halogens is 1. The van der Waals surface area contributed by atoms with Crippen molar-refractivity contribution in [2.75, 3.05) is 23.9 Å². The maximum atomic E-state index is 12.0. The third-order valence-electron chi connectivity index (χ3n) is 2.93. The number of hydrogen-bond donors (Lipinski definition) is 0. The summed E-state index contributed by atoms with van der Waals surface area (Å²) in [4.78, 5) is 14.1. The molecule has 0 radical (unpaired) electrons. The number of carbonyl (C=O) groups is 1. The van der Waals surface area contributed by atoms with Crippen LogP contribution < -0.4 is 0 Å². The molecule has 0 aromatic carbocycles. The van der Waals surface area contributed by atoms with Crippen molar-refractivity contribution in [3.8, 4) is 0 Å². The fraction of sp³-hybridized carbons (Fsp3) is 0.909. The van der Waals surface area contributed by atoms with Gasteiger partial charge in [-0.3, -0.25) is 4.79 Å². The summed E-state index contributed by atoms with van der Waals surface area (Å²) in [5, 5.41) is 0.897. The molecule has 1 amide bonds. The summed E-state index contributed by atoms with van der Waals surface area (Å²) in [5.74, 6) is 1.29. The maximum Gasteiger partial charge on any atom is 0.223 e. The highest BCUT2D eigenvalue weighted by atomic mass is 79.9. The van der Waals surface area contributed by atoms with E-state index in [2.05, 4.69) is 27.1 Å². The Morgan fingerprint density at radius 1 is 1.47 bits per heavy atom. The van der Waals surface area contributed by atoms with Gasteiger partial charge in [-0.1, -0.05) is 28.8 Å². The minimum atomic E-state index is 0.343. The first kappa shape index (κ1) is 13.4. The lowest BCUT2D eigenvalue weighted by molar-refractivity contribution is -0.132. The molecule has 0 atom stereocenters. The van der Waals surface area contributed by atoms with Crippen LogP contribution >= 0.6 is 27.7 Å². The fourth-order valence-electron chi connectivity index (χ4n) is 2.15. The molecular formula is C11H20BrNOS. The monoisotopic (exact) mass is 293 g/mol. The second-order valence-corrected chi connectivity index (χ2v) is 5.74. The number of hydrogen-bond acceptors (Lipinski definition) is 2. The maximum absolute atomic E-state index is 12.0. The molecular weight excluding hydrogens is 274 g/mol. The highest BCUT2D eigenvalue weighted by Gasteiger charge is 2.25. The predicted molar refractivity (Wildman–Crippen MR) is 70.8 cm³/mol. The van der Waals surface area contributed by atoms with Crippen LogP contribution in [0.15, 0.2) is 0 Å². The molecule has 1 saturated carbocycles. The van der Waals surface area contributed by atoms with Gasteiger partial charge in [0.25, 0.3) is 0 Å². The molecule has 0 aromatic heterocycles. The number of rotatable bonds is 6. The third kappa shape index (κ3) is 4.35. The summed E-state index contributed by atoms with van der Waals surface area (Å²) < 4.78 is 0. The van der Waals surface area contributed by atoms with Crippen molar-refractivity contribution in [2.45, 2.75) is 38.1 Å². The van der Waals surface area contributed by atoms with Gasteiger partial charge < -0.3 is 4.90 Å². The Kier molecular flexibility index (Phi) is 6.73. The van der Waals surface area contributed by atoms with Crippen LogP contribution in [0.4, 0.5) is 0 Å². The highest BCUT2D eigenvalue weighted by molar-refractivity contribution is 9.09. The first-order chi connectivity index (χ1) is 7.29. The molecule has 0 aliphatic heterocycles. The van der Waals surface area contributed by atoms with Gasteiger partial charge in [0.2, 0.25) is 5.91 Å². The summed E-state index contributed by atoms with van der Waals surface area (Å²) in [6.45, 7) is 0.873. The van der Waals surface area contributed by atoms with Crippen LogP contribution in [0.1, 0.15) is 32.1 Å². The van der Waals surface area contributed by atoms with Crippen molar-refractivity contribution in [3.05, 3.63) is 0 Å². The molecule has 1 aliphatic rings. The second kappa shape index (κ2) is 7.55. The topological polar surface area (TPSA) is 20.3 Å². The molecule has 0 spiro atoms. The Balaban J connectivity index is 2.43. The quantitative estimate of drug-likeness (QED) is 0.702. The molecule has 0 N–H and O–H groups in total. The summed E-state index contributed by atoms with van der Waals surface area (Å²) >= 11 is 5.18. The molecule has 1 rings (SSSR count). The smallest absolute Gasteiger partial charge is 0.223 e. The molecule has 1 aliphatic carbocycles. The minimum absolute atomic E-state index is 0.343. The Morgan fingerprint density at radius 2 is 2.13 bits per heavy atom. The zero-order valence-electron chi connectivity index (χ0n) is 9.38. The molecule has 4 heteroatoms. The number of amides is 1. The molecule has 1 fully saturated rings. The SMILES string of the molecule is CSCCC(=O)N(CCBr)C1CCCC1. The van der Waals surface area contributed by atoms with Crippen molar-refractivity contribution < 1.29 is 4.79 Å². The van der Waals surface area contributed by atoms with Crippen LogP contribution in [0, 0.1) is 0 Å². The van der Waals surface area contributed by atoms with E-state index in [0.29, 0.717) is 18.4 Å². The summed E-state index contributed by atoms with van der Waals surface area (Å²) in [6, 6.07) is 0.525. The van der Waals surface area contributed by atoms with Crippen LogP contribution in [0.25, 0.3) is 0 Å². The fourth-order valence-corrected chi connectivity index (χ4v) is 2.91. The molecule has 0 bridgehead atoms. The van der Waals surface area contributed by atoms with Gasteiger partial charge in [0, 0.05) is 30.1 Å². The Bertz CT molecular complexity index is 195. The highest BCUT2D eigenvalue weighted by Crippen LogP contribution is 2.24. The molecule has 88 valence electrons. The average Bonchev–Trinajstić information content (AvgIpc) is 2.75. The van der Waals surface area contributed by atoms with Crippen molar-refractivity contribution in [1.82, 2.24) is 4.90 Å². The van der Waals surface area contributed by atoms with Crippen LogP contribution in [-0.4, -0.2) is 40.7 Å². The van der Waals surface area contributed by atoms with Crippen molar-refractivity contribution in [3.63, 3.8) is 0 Å². The lowest BCUT2D eigenvalue weighted by atomic mass is 10.2. The van der Waals surface area contributed by atoms with Gasteiger partial charge in [0.05, 0.1) is 0 Å². The van der Waals surface area contributed by atoms with Crippen molar-refractivity contribution >= 4 is 33.6 Å². The van der Waals surface area contributed by atoms with E-state index in [1.165, 1.54) is 25.7 Å². The van der Waals surface area contributed by atoms with E-state index in [9.17, 15) is 4.79 Å². The Labute approximate surface area is 105 Å². The van der Waals surface area contributed by atoms with Gasteiger partial charge in [-0.2, -0.15) is 11.8 Å². The lowest BCUT2D eigenvalue weighted by Crippen LogP contribution is -2.40.